The number of nitro benzene ring substituents is 1. The van der Waals surface area contributed by atoms with Crippen LogP contribution in [0.1, 0.15) is 29.7 Å². The molecule has 0 aliphatic carbocycles. The van der Waals surface area contributed by atoms with E-state index in [9.17, 15) is 29.6 Å². The number of benzene rings is 3. The van der Waals surface area contributed by atoms with Gasteiger partial charge in [-0.05, 0) is 28.8 Å². The van der Waals surface area contributed by atoms with Gasteiger partial charge in [-0.3, -0.25) is 29.6 Å². The van der Waals surface area contributed by atoms with E-state index in [2.05, 4.69) is 4.99 Å². The summed E-state index contributed by atoms with van der Waals surface area (Å²) in [6.45, 7) is 0.390. The van der Waals surface area contributed by atoms with Crippen molar-refractivity contribution in [2.75, 3.05) is 19.0 Å². The van der Waals surface area contributed by atoms with E-state index in [1.54, 1.807) is 0 Å². The largest absolute Gasteiger partial charge is 0.461 e. The number of hydrogen-bond donors (Lipinski definition) is 1. The number of fused-ring (bicyclic) bond motifs is 1. The van der Waals surface area contributed by atoms with Crippen LogP contribution < -0.4 is 0 Å². The summed E-state index contributed by atoms with van der Waals surface area (Å²) in [6, 6.07) is 23.9. The van der Waals surface area contributed by atoms with Gasteiger partial charge in [0.2, 0.25) is 0 Å². The Morgan fingerprint density at radius 2 is 1.70 bits per heavy atom. The Kier molecular flexibility index (Phi) is 8.69. The monoisotopic (exact) mass is 601 g/mol. The maximum absolute atomic E-state index is 13.9. The van der Waals surface area contributed by atoms with Crippen LogP contribution in [-0.4, -0.2) is 68.9 Å². The summed E-state index contributed by atoms with van der Waals surface area (Å²) in [5.41, 5.74) is 0.576. The van der Waals surface area contributed by atoms with Crippen LogP contribution in [0, 0.1) is 10.1 Å². The molecule has 5 rings (SSSR count). The van der Waals surface area contributed by atoms with E-state index < -0.39 is 46.4 Å². The number of hydrogen-bond acceptors (Lipinski definition) is 10. The lowest BCUT2D eigenvalue weighted by Gasteiger charge is -2.54. The van der Waals surface area contributed by atoms with Crippen LogP contribution in [-0.2, 0) is 23.9 Å². The standard InChI is InChI=1S/C31H27N3O8S/c1-20(36)41-17-24-18-43-30-31(19-35,32-16-21-12-14-25(15-13-21)34(39)40)29(38)33(30)26(24)28(37)42-27(22-8-4-2-5-9-22)23-10-6-3-7-11-23/h2-16,27,30,35H,17-19H2,1H3/t30-,31-/m1/s1. The zero-order chi connectivity index (χ0) is 30.6. The number of carbonyl (C=O) groups excluding carboxylic acids is 3. The minimum Gasteiger partial charge on any atom is -0.461 e. The summed E-state index contributed by atoms with van der Waals surface area (Å²) in [6.07, 6.45) is 0.580. The molecule has 1 saturated heterocycles. The first kappa shape index (κ1) is 29.7. The van der Waals surface area contributed by atoms with E-state index in [0.29, 0.717) is 11.1 Å². The fourth-order valence-corrected chi connectivity index (χ4v) is 6.32. The van der Waals surface area contributed by atoms with E-state index in [1.807, 2.05) is 60.7 Å². The number of nitro groups is 1. The predicted octanol–water partition coefficient (Wildman–Crippen LogP) is 3.81. The molecule has 1 N–H and O–H groups in total. The summed E-state index contributed by atoms with van der Waals surface area (Å²) in [4.78, 5) is 55.4. The molecular formula is C31H27N3O8S. The van der Waals surface area contributed by atoms with Crippen molar-refractivity contribution in [1.82, 2.24) is 4.90 Å². The molecule has 3 aromatic rings. The van der Waals surface area contributed by atoms with Crippen LogP contribution in [0.4, 0.5) is 5.69 Å². The number of amides is 1. The first-order chi connectivity index (χ1) is 20.7. The van der Waals surface area contributed by atoms with Gasteiger partial charge in [-0.2, -0.15) is 0 Å². The van der Waals surface area contributed by atoms with Gasteiger partial charge in [0.25, 0.3) is 11.6 Å². The molecule has 0 aromatic heterocycles. The summed E-state index contributed by atoms with van der Waals surface area (Å²) in [7, 11) is 0. The minimum atomic E-state index is -1.59. The highest BCUT2D eigenvalue weighted by Crippen LogP contribution is 2.48. The van der Waals surface area contributed by atoms with Crippen LogP contribution in [0.2, 0.25) is 0 Å². The Morgan fingerprint density at radius 3 is 2.23 bits per heavy atom. The molecule has 2 atom stereocenters. The van der Waals surface area contributed by atoms with Crippen LogP contribution in [0.5, 0.6) is 0 Å². The third kappa shape index (κ3) is 5.92. The molecule has 0 unspecified atom stereocenters. The number of carbonyl (C=O) groups is 3. The number of ether oxygens (including phenoxy) is 2. The molecule has 220 valence electrons. The average molecular weight is 602 g/mol. The van der Waals surface area contributed by atoms with Crippen molar-refractivity contribution < 1.29 is 33.9 Å². The number of aliphatic imine (C=N–C) groups is 1. The molecule has 12 heteroatoms. The first-order valence-electron chi connectivity index (χ1n) is 13.3. The number of β-lactam (4-membered cyclic amide) rings is 1. The van der Waals surface area contributed by atoms with Crippen molar-refractivity contribution in [3.05, 3.63) is 123 Å². The fourth-order valence-electron chi connectivity index (χ4n) is 4.88. The average Bonchev–Trinajstić information content (AvgIpc) is 3.03. The highest BCUT2D eigenvalue weighted by atomic mass is 32.2. The second kappa shape index (κ2) is 12.6. The van der Waals surface area contributed by atoms with Crippen LogP contribution >= 0.6 is 11.8 Å². The van der Waals surface area contributed by atoms with Gasteiger partial charge < -0.3 is 14.6 Å². The van der Waals surface area contributed by atoms with Crippen molar-refractivity contribution >= 4 is 41.5 Å². The quantitative estimate of drug-likeness (QED) is 0.120. The zero-order valence-electron chi connectivity index (χ0n) is 23.0. The highest BCUT2D eigenvalue weighted by molar-refractivity contribution is 8.00. The molecule has 11 nitrogen and oxygen atoms in total. The Balaban J connectivity index is 1.47. The number of non-ortho nitro benzene ring substituents is 1. The maximum Gasteiger partial charge on any atom is 0.356 e. The fraction of sp³-hybridized carbons (Fsp3) is 0.226. The lowest BCUT2D eigenvalue weighted by atomic mass is 9.87. The molecule has 0 saturated carbocycles. The van der Waals surface area contributed by atoms with Gasteiger partial charge >= 0.3 is 11.9 Å². The topological polar surface area (TPSA) is 149 Å². The molecule has 1 amide bonds. The lowest BCUT2D eigenvalue weighted by Crippen LogP contribution is -2.74. The number of rotatable bonds is 10. The third-order valence-electron chi connectivity index (χ3n) is 7.08. The number of nitrogens with zero attached hydrogens (tertiary/aromatic N) is 3. The third-order valence-corrected chi connectivity index (χ3v) is 8.52. The summed E-state index contributed by atoms with van der Waals surface area (Å²) in [5, 5.41) is 20.6. The predicted molar refractivity (Wildman–Crippen MR) is 158 cm³/mol. The lowest BCUT2D eigenvalue weighted by molar-refractivity contribution is -0.384. The van der Waals surface area contributed by atoms with Gasteiger partial charge in [0.05, 0.1) is 11.5 Å². The SMILES string of the molecule is CC(=O)OCC1=C(C(=O)OC(c2ccccc2)c2ccccc2)N2C(=O)[C@@](CO)(N=Cc3ccc([N+](=O)[O-])cc3)[C@H]2SC1. The molecule has 0 radical (unpaired) electrons. The van der Waals surface area contributed by atoms with E-state index in [-0.39, 0.29) is 23.7 Å². The molecule has 2 aliphatic rings. The van der Waals surface area contributed by atoms with Gasteiger partial charge in [-0.15, -0.1) is 11.8 Å². The molecule has 1 fully saturated rings. The molecule has 3 aromatic carbocycles. The molecule has 2 aliphatic heterocycles. The van der Waals surface area contributed by atoms with Crippen molar-refractivity contribution in [1.29, 1.82) is 0 Å². The Hall–Kier alpha value is -4.81. The van der Waals surface area contributed by atoms with E-state index in [1.165, 1.54) is 54.1 Å². The molecule has 0 spiro atoms. The second-order valence-corrected chi connectivity index (χ2v) is 10.9. The number of thioether (sulfide) groups is 1. The smallest absolute Gasteiger partial charge is 0.356 e. The number of aliphatic hydroxyl groups is 1. The number of esters is 2. The Morgan fingerprint density at radius 1 is 1.09 bits per heavy atom. The second-order valence-electron chi connectivity index (χ2n) is 9.87. The van der Waals surface area contributed by atoms with E-state index in [0.717, 1.165) is 11.1 Å². The van der Waals surface area contributed by atoms with Crippen molar-refractivity contribution in [2.24, 2.45) is 4.99 Å². The van der Waals surface area contributed by atoms with Crippen LogP contribution in [0.15, 0.2) is 101 Å². The van der Waals surface area contributed by atoms with Crippen molar-refractivity contribution in [2.45, 2.75) is 23.9 Å². The van der Waals surface area contributed by atoms with Crippen LogP contribution in [0.3, 0.4) is 0 Å². The molecule has 2 heterocycles. The Labute approximate surface area is 251 Å². The van der Waals surface area contributed by atoms with Crippen LogP contribution in [0.25, 0.3) is 0 Å². The molecular weight excluding hydrogens is 574 g/mol. The summed E-state index contributed by atoms with van der Waals surface area (Å²) >= 11 is 1.27. The maximum atomic E-state index is 13.9. The van der Waals surface area contributed by atoms with E-state index >= 15 is 0 Å². The van der Waals surface area contributed by atoms with Gasteiger partial charge in [-0.25, -0.2) is 4.79 Å². The van der Waals surface area contributed by atoms with Crippen molar-refractivity contribution in [3.63, 3.8) is 0 Å². The minimum absolute atomic E-state index is 0.0542. The first-order valence-corrected chi connectivity index (χ1v) is 14.3. The van der Waals surface area contributed by atoms with Gasteiger partial charge in [0.1, 0.15) is 17.7 Å². The Bertz CT molecular complexity index is 1550. The molecule has 43 heavy (non-hydrogen) atoms. The van der Waals surface area contributed by atoms with Gasteiger partial charge in [0, 0.05) is 36.6 Å². The zero-order valence-corrected chi connectivity index (χ0v) is 23.8. The van der Waals surface area contributed by atoms with Gasteiger partial charge in [-0.1, -0.05) is 60.7 Å². The van der Waals surface area contributed by atoms with Crippen molar-refractivity contribution in [3.8, 4) is 0 Å². The molecule has 0 bridgehead atoms. The summed E-state index contributed by atoms with van der Waals surface area (Å²) < 4.78 is 11.3. The highest BCUT2D eigenvalue weighted by Gasteiger charge is 2.65. The normalized spacial score (nSPS) is 19.7. The van der Waals surface area contributed by atoms with E-state index in [4.69, 9.17) is 9.47 Å². The van der Waals surface area contributed by atoms with Gasteiger partial charge in [0.15, 0.2) is 11.6 Å². The number of aliphatic hydroxyl groups excluding tert-OH is 1. The summed E-state index contributed by atoms with van der Waals surface area (Å²) in [5.74, 6) is -1.76.